The van der Waals surface area contributed by atoms with Crippen molar-refractivity contribution in [2.45, 2.75) is 85.5 Å². The third kappa shape index (κ3) is 14.4. The second-order valence-corrected chi connectivity index (χ2v) is 6.97. The molecule has 1 fully saturated rings. The van der Waals surface area contributed by atoms with Crippen LogP contribution in [0, 0.1) is 11.8 Å². The standard InChI is InChI=1S/C14H26.C7H14O/c1-3-4-8-13(2)9-7-12-14-10-5-6-11-14;1-4-5-8-6-7(2)3/h7,12-14H,3-6,8-11H2,1-2H3;2,4-6H2,1,3H3/b12-7+;. The molecule has 0 saturated heterocycles. The van der Waals surface area contributed by atoms with Crippen LogP contribution in [0.25, 0.3) is 0 Å². The predicted molar refractivity (Wildman–Crippen MR) is 100 cm³/mol. The maximum absolute atomic E-state index is 5.14. The van der Waals surface area contributed by atoms with E-state index in [2.05, 4.69) is 39.5 Å². The van der Waals surface area contributed by atoms with Crippen LogP contribution >= 0.6 is 0 Å². The van der Waals surface area contributed by atoms with Gasteiger partial charge in [-0.2, -0.15) is 0 Å². The molecule has 1 saturated carbocycles. The van der Waals surface area contributed by atoms with Crippen molar-refractivity contribution in [1.82, 2.24) is 0 Å². The van der Waals surface area contributed by atoms with Crippen LogP contribution in [0.3, 0.4) is 0 Å². The highest BCUT2D eigenvalue weighted by molar-refractivity contribution is 4.91. The Morgan fingerprint density at radius 1 is 1.23 bits per heavy atom. The summed E-state index contributed by atoms with van der Waals surface area (Å²) in [5, 5.41) is 0. The van der Waals surface area contributed by atoms with Crippen molar-refractivity contribution < 1.29 is 4.74 Å². The van der Waals surface area contributed by atoms with E-state index in [4.69, 9.17) is 4.74 Å². The van der Waals surface area contributed by atoms with Gasteiger partial charge in [-0.05, 0) is 44.4 Å². The Hall–Kier alpha value is -0.560. The molecule has 130 valence electrons. The van der Waals surface area contributed by atoms with Crippen LogP contribution < -0.4 is 0 Å². The van der Waals surface area contributed by atoms with Crippen LogP contribution in [-0.2, 0) is 4.74 Å². The maximum atomic E-state index is 5.14. The Balaban J connectivity index is 0.000000472. The maximum Gasteiger partial charge on any atom is 0.0671 e. The van der Waals surface area contributed by atoms with Crippen LogP contribution in [0.4, 0.5) is 0 Å². The van der Waals surface area contributed by atoms with Gasteiger partial charge in [-0.25, -0.2) is 0 Å². The highest BCUT2D eigenvalue weighted by Gasteiger charge is 2.10. The molecule has 1 aliphatic rings. The molecule has 0 amide bonds. The van der Waals surface area contributed by atoms with Gasteiger partial charge in [0.05, 0.1) is 6.61 Å². The average molecular weight is 309 g/mol. The fourth-order valence-electron chi connectivity index (χ4n) is 2.71. The van der Waals surface area contributed by atoms with E-state index in [0.717, 1.165) is 30.4 Å². The van der Waals surface area contributed by atoms with Crippen molar-refractivity contribution >= 4 is 0 Å². The van der Waals surface area contributed by atoms with E-state index in [1.54, 1.807) is 0 Å². The number of hydrogen-bond acceptors (Lipinski definition) is 1. The summed E-state index contributed by atoms with van der Waals surface area (Å²) in [5.41, 5.74) is 1.10. The van der Waals surface area contributed by atoms with Crippen LogP contribution in [0.5, 0.6) is 0 Å². The van der Waals surface area contributed by atoms with E-state index in [-0.39, 0.29) is 0 Å². The Bertz CT molecular complexity index is 274. The van der Waals surface area contributed by atoms with E-state index in [0.29, 0.717) is 6.61 Å². The molecule has 0 aliphatic heterocycles. The van der Waals surface area contributed by atoms with Crippen LogP contribution in [0.2, 0.25) is 0 Å². The summed E-state index contributed by atoms with van der Waals surface area (Å²) in [7, 11) is 0. The molecular weight excluding hydrogens is 268 g/mol. The molecule has 22 heavy (non-hydrogen) atoms. The van der Waals surface area contributed by atoms with E-state index in [9.17, 15) is 0 Å². The molecule has 0 bridgehead atoms. The number of hydrogen-bond donors (Lipinski definition) is 0. The van der Waals surface area contributed by atoms with Gasteiger partial charge in [0.1, 0.15) is 0 Å². The molecule has 1 rings (SSSR count). The summed E-state index contributed by atoms with van der Waals surface area (Å²) in [6.07, 6.45) is 17.3. The Labute approximate surface area is 140 Å². The minimum Gasteiger partial charge on any atom is -0.377 e. The molecule has 0 N–H and O–H groups in total. The van der Waals surface area contributed by atoms with Gasteiger partial charge in [0.25, 0.3) is 0 Å². The topological polar surface area (TPSA) is 9.23 Å². The zero-order valence-electron chi connectivity index (χ0n) is 15.7. The van der Waals surface area contributed by atoms with Gasteiger partial charge in [-0.3, -0.25) is 0 Å². The Morgan fingerprint density at radius 3 is 2.45 bits per heavy atom. The van der Waals surface area contributed by atoms with Gasteiger partial charge < -0.3 is 4.74 Å². The molecule has 0 spiro atoms. The highest BCUT2D eigenvalue weighted by atomic mass is 16.5. The zero-order valence-corrected chi connectivity index (χ0v) is 15.7. The molecule has 0 aromatic carbocycles. The largest absolute Gasteiger partial charge is 0.377 e. The molecule has 0 radical (unpaired) electrons. The van der Waals surface area contributed by atoms with Gasteiger partial charge in [-0.1, -0.05) is 77.2 Å². The van der Waals surface area contributed by atoms with Gasteiger partial charge in [0, 0.05) is 6.61 Å². The number of allylic oxidation sites excluding steroid dienone is 2. The first-order chi connectivity index (χ1) is 10.6. The van der Waals surface area contributed by atoms with E-state index >= 15 is 0 Å². The van der Waals surface area contributed by atoms with Crippen LogP contribution in [-0.4, -0.2) is 13.2 Å². The summed E-state index contributed by atoms with van der Waals surface area (Å²) in [4.78, 5) is 0. The fraction of sp³-hybridized carbons (Fsp3) is 0.810. The first kappa shape index (κ1) is 21.4. The van der Waals surface area contributed by atoms with Crippen molar-refractivity contribution in [3.8, 4) is 0 Å². The third-order valence-electron chi connectivity index (χ3n) is 4.09. The van der Waals surface area contributed by atoms with Crippen molar-refractivity contribution in [3.05, 3.63) is 24.3 Å². The van der Waals surface area contributed by atoms with Gasteiger partial charge in [-0.15, -0.1) is 0 Å². The molecule has 0 aromatic heterocycles. The first-order valence-electron chi connectivity index (χ1n) is 9.48. The third-order valence-corrected chi connectivity index (χ3v) is 4.09. The molecule has 1 heteroatoms. The van der Waals surface area contributed by atoms with E-state index in [1.165, 1.54) is 51.4 Å². The Morgan fingerprint density at radius 2 is 1.91 bits per heavy atom. The van der Waals surface area contributed by atoms with Gasteiger partial charge in [0.15, 0.2) is 0 Å². The second-order valence-electron chi connectivity index (χ2n) is 6.97. The summed E-state index contributed by atoms with van der Waals surface area (Å²) in [6, 6.07) is 0. The predicted octanol–water partition coefficient (Wildman–Crippen LogP) is 6.94. The smallest absolute Gasteiger partial charge is 0.0671 e. The lowest BCUT2D eigenvalue weighted by molar-refractivity contribution is 0.157. The molecular formula is C21H40O. The number of rotatable bonds is 10. The quantitative estimate of drug-likeness (QED) is 0.314. The van der Waals surface area contributed by atoms with Gasteiger partial charge in [0.2, 0.25) is 0 Å². The minimum atomic E-state index is 0.716. The van der Waals surface area contributed by atoms with Crippen LogP contribution in [0.1, 0.15) is 85.5 Å². The minimum absolute atomic E-state index is 0.716. The normalized spacial score (nSPS) is 16.5. The highest BCUT2D eigenvalue weighted by Crippen LogP contribution is 2.26. The van der Waals surface area contributed by atoms with Crippen molar-refractivity contribution in [2.24, 2.45) is 11.8 Å². The average Bonchev–Trinajstić information content (AvgIpc) is 2.99. The number of ether oxygens (including phenoxy) is 1. The van der Waals surface area contributed by atoms with Crippen molar-refractivity contribution in [3.63, 3.8) is 0 Å². The monoisotopic (exact) mass is 308 g/mol. The lowest BCUT2D eigenvalue weighted by Crippen LogP contribution is -1.94. The molecule has 0 heterocycles. The summed E-state index contributed by atoms with van der Waals surface area (Å²) in [5.74, 6) is 1.82. The van der Waals surface area contributed by atoms with Gasteiger partial charge >= 0.3 is 0 Å². The first-order valence-corrected chi connectivity index (χ1v) is 9.48. The van der Waals surface area contributed by atoms with Crippen molar-refractivity contribution in [1.29, 1.82) is 0 Å². The summed E-state index contributed by atoms with van der Waals surface area (Å²) in [6.45, 7) is 14.0. The fourth-order valence-corrected chi connectivity index (χ4v) is 2.71. The van der Waals surface area contributed by atoms with E-state index in [1.807, 2.05) is 6.92 Å². The molecule has 1 unspecified atom stereocenters. The van der Waals surface area contributed by atoms with Crippen molar-refractivity contribution in [2.75, 3.05) is 13.2 Å². The van der Waals surface area contributed by atoms with E-state index < -0.39 is 0 Å². The molecule has 0 aromatic rings. The Kier molecular flexibility index (Phi) is 14.9. The molecule has 1 aliphatic carbocycles. The second kappa shape index (κ2) is 15.3. The SMILES string of the molecule is C=C(C)COCCC.CCCCC(C)C/C=C/C1CCCC1. The summed E-state index contributed by atoms with van der Waals surface area (Å²) >= 11 is 0. The zero-order chi connectivity index (χ0) is 16.6. The lowest BCUT2D eigenvalue weighted by Gasteiger charge is -2.07. The summed E-state index contributed by atoms with van der Waals surface area (Å²) < 4.78 is 5.14. The van der Waals surface area contributed by atoms with Crippen LogP contribution in [0.15, 0.2) is 24.3 Å². The number of unbranched alkanes of at least 4 members (excludes halogenated alkanes) is 1. The lowest BCUT2D eigenvalue weighted by atomic mass is 9.99. The molecule has 1 nitrogen and oxygen atoms in total. The molecule has 1 atom stereocenters.